The second-order valence-corrected chi connectivity index (χ2v) is 5.33. The minimum atomic E-state index is -0.813. The summed E-state index contributed by atoms with van der Waals surface area (Å²) in [5.74, 6) is 0.631. The summed E-state index contributed by atoms with van der Waals surface area (Å²) in [7, 11) is 1.76. The van der Waals surface area contributed by atoms with Crippen molar-refractivity contribution in [1.29, 1.82) is 0 Å². The molecular formula is C12H14N6O5. The third-order valence-electron chi connectivity index (χ3n) is 4.16. The molecule has 0 amide bonds. The number of hydrogen-bond donors (Lipinski definition) is 1. The molecule has 0 saturated carbocycles. The number of fused-ring (bicyclic) bond motifs is 2. The molecule has 0 aliphatic carbocycles. The monoisotopic (exact) mass is 322 g/mol. The van der Waals surface area contributed by atoms with E-state index in [-0.39, 0.29) is 18.8 Å². The zero-order chi connectivity index (χ0) is 16.0. The first-order chi connectivity index (χ1) is 11.2. The Hall–Kier alpha value is -2.53. The molecule has 0 unspecified atom stereocenters. The van der Waals surface area contributed by atoms with Gasteiger partial charge in [0.05, 0.1) is 25.6 Å². The molecule has 1 N–H and O–H groups in total. The van der Waals surface area contributed by atoms with Gasteiger partial charge in [0.15, 0.2) is 17.6 Å². The standard InChI is InChI=1S/C12H14N6O5/c1-13-11-8-12(15-4-14-11)17(5-16-8)6-2-21-10-7(23-18(19)20)3-22-9(6)10/h4-7,9-10H,2-3H2,1H3,(H,13,14,15)/t6-,7-,9+,10+/m0/s1. The van der Waals surface area contributed by atoms with Gasteiger partial charge in [-0.2, -0.15) is 0 Å². The summed E-state index contributed by atoms with van der Waals surface area (Å²) in [6.45, 7) is 0.466. The van der Waals surface area contributed by atoms with E-state index in [1.165, 1.54) is 6.33 Å². The SMILES string of the molecule is CNc1ncnc2c1ncn2[C@H]1CO[C@H]2[C@@H]1OC[C@@H]2O[N+](=O)[O-]. The van der Waals surface area contributed by atoms with Gasteiger partial charge in [0.1, 0.15) is 24.1 Å². The maximum atomic E-state index is 10.5. The Morgan fingerprint density at radius 1 is 1.35 bits per heavy atom. The molecular weight excluding hydrogens is 308 g/mol. The van der Waals surface area contributed by atoms with Crippen molar-refractivity contribution in [2.24, 2.45) is 0 Å². The van der Waals surface area contributed by atoms with Crippen LogP contribution < -0.4 is 5.32 Å². The molecule has 2 aromatic heterocycles. The predicted molar refractivity (Wildman–Crippen MR) is 75.3 cm³/mol. The summed E-state index contributed by atoms with van der Waals surface area (Å²) in [6.07, 6.45) is 1.58. The lowest BCUT2D eigenvalue weighted by atomic mass is 10.1. The minimum absolute atomic E-state index is 0.121. The van der Waals surface area contributed by atoms with E-state index in [1.807, 2.05) is 4.57 Å². The molecule has 11 heteroatoms. The number of rotatable bonds is 4. The molecule has 2 fully saturated rings. The number of imidazole rings is 1. The maximum absolute atomic E-state index is 10.5. The zero-order valence-corrected chi connectivity index (χ0v) is 12.2. The van der Waals surface area contributed by atoms with E-state index in [0.717, 1.165) is 0 Å². The van der Waals surface area contributed by atoms with Crippen molar-refractivity contribution in [3.8, 4) is 0 Å². The summed E-state index contributed by atoms with van der Waals surface area (Å²) < 4.78 is 13.2. The first kappa shape index (κ1) is 14.1. The van der Waals surface area contributed by atoms with Gasteiger partial charge >= 0.3 is 0 Å². The van der Waals surface area contributed by atoms with Crippen LogP contribution in [0.5, 0.6) is 0 Å². The summed E-state index contributed by atoms with van der Waals surface area (Å²) in [5.41, 5.74) is 1.30. The van der Waals surface area contributed by atoms with E-state index in [2.05, 4.69) is 25.1 Å². The van der Waals surface area contributed by atoms with Crippen LogP contribution in [0.2, 0.25) is 0 Å². The molecule has 0 spiro atoms. The maximum Gasteiger partial charge on any atom is 0.294 e. The Morgan fingerprint density at radius 2 is 2.17 bits per heavy atom. The number of hydrogen-bond acceptors (Lipinski definition) is 9. The lowest BCUT2D eigenvalue weighted by Crippen LogP contribution is -2.33. The van der Waals surface area contributed by atoms with Crippen LogP contribution in [0.4, 0.5) is 5.82 Å². The van der Waals surface area contributed by atoms with Crippen molar-refractivity contribution in [3.05, 3.63) is 22.8 Å². The highest BCUT2D eigenvalue weighted by Crippen LogP contribution is 2.36. The minimum Gasteiger partial charge on any atom is -0.371 e. The first-order valence-electron chi connectivity index (χ1n) is 7.08. The number of anilines is 1. The Balaban J connectivity index is 1.64. The lowest BCUT2D eigenvalue weighted by molar-refractivity contribution is -0.769. The van der Waals surface area contributed by atoms with Crippen molar-refractivity contribution in [2.45, 2.75) is 24.4 Å². The van der Waals surface area contributed by atoms with Crippen LogP contribution >= 0.6 is 0 Å². The normalized spacial score (nSPS) is 29.6. The molecule has 23 heavy (non-hydrogen) atoms. The fourth-order valence-corrected chi connectivity index (χ4v) is 3.16. The van der Waals surface area contributed by atoms with E-state index >= 15 is 0 Å². The summed E-state index contributed by atoms with van der Waals surface area (Å²) in [5, 5.41) is 12.7. The van der Waals surface area contributed by atoms with Crippen molar-refractivity contribution < 1.29 is 19.4 Å². The van der Waals surface area contributed by atoms with Gasteiger partial charge in [-0.05, 0) is 0 Å². The lowest BCUT2D eigenvalue weighted by Gasteiger charge is -2.17. The zero-order valence-electron chi connectivity index (χ0n) is 12.2. The van der Waals surface area contributed by atoms with Crippen molar-refractivity contribution in [1.82, 2.24) is 19.5 Å². The van der Waals surface area contributed by atoms with Crippen molar-refractivity contribution >= 4 is 17.0 Å². The predicted octanol–water partition coefficient (Wildman–Crippen LogP) is -0.216. The van der Waals surface area contributed by atoms with E-state index < -0.39 is 17.3 Å². The van der Waals surface area contributed by atoms with Gasteiger partial charge < -0.3 is 24.2 Å². The molecule has 11 nitrogen and oxygen atoms in total. The fourth-order valence-electron chi connectivity index (χ4n) is 3.16. The summed E-state index contributed by atoms with van der Waals surface area (Å²) in [4.78, 5) is 27.9. The highest BCUT2D eigenvalue weighted by atomic mass is 17.0. The molecule has 2 saturated heterocycles. The van der Waals surface area contributed by atoms with Crippen molar-refractivity contribution in [3.63, 3.8) is 0 Å². The van der Waals surface area contributed by atoms with Gasteiger partial charge in [0.2, 0.25) is 0 Å². The van der Waals surface area contributed by atoms with Crippen LogP contribution in [-0.4, -0.2) is 63.2 Å². The largest absolute Gasteiger partial charge is 0.371 e. The third kappa shape index (κ3) is 2.16. The van der Waals surface area contributed by atoms with Gasteiger partial charge in [-0.15, -0.1) is 10.1 Å². The third-order valence-corrected chi connectivity index (χ3v) is 4.16. The Morgan fingerprint density at radius 3 is 2.96 bits per heavy atom. The van der Waals surface area contributed by atoms with Crippen molar-refractivity contribution in [2.75, 3.05) is 25.6 Å². The molecule has 0 radical (unpaired) electrons. The highest BCUT2D eigenvalue weighted by molar-refractivity contribution is 5.82. The average Bonchev–Trinajstić information content (AvgIpc) is 3.22. The molecule has 2 aliphatic rings. The van der Waals surface area contributed by atoms with E-state index in [4.69, 9.17) is 9.47 Å². The number of nitrogens with one attached hydrogen (secondary N) is 1. The van der Waals surface area contributed by atoms with Crippen LogP contribution in [0.15, 0.2) is 12.7 Å². The molecule has 122 valence electrons. The Labute approximate surface area is 129 Å². The van der Waals surface area contributed by atoms with Gasteiger partial charge in [-0.1, -0.05) is 0 Å². The van der Waals surface area contributed by atoms with Gasteiger partial charge in [0, 0.05) is 7.05 Å². The number of nitrogens with zero attached hydrogens (tertiary/aromatic N) is 5. The molecule has 2 aromatic rings. The van der Waals surface area contributed by atoms with Crippen LogP contribution in [0, 0.1) is 10.1 Å². The van der Waals surface area contributed by atoms with Crippen LogP contribution in [-0.2, 0) is 14.3 Å². The Bertz CT molecular complexity index is 751. The average molecular weight is 322 g/mol. The van der Waals surface area contributed by atoms with E-state index in [1.54, 1.807) is 13.4 Å². The van der Waals surface area contributed by atoms with Gasteiger partial charge in [-0.25, -0.2) is 15.0 Å². The highest BCUT2D eigenvalue weighted by Gasteiger charge is 2.50. The summed E-state index contributed by atoms with van der Waals surface area (Å²) in [6, 6.07) is -0.176. The molecule has 4 rings (SSSR count). The van der Waals surface area contributed by atoms with E-state index in [0.29, 0.717) is 23.6 Å². The van der Waals surface area contributed by atoms with Crippen LogP contribution in [0.1, 0.15) is 6.04 Å². The quantitative estimate of drug-likeness (QED) is 0.600. The smallest absolute Gasteiger partial charge is 0.294 e. The molecule has 4 heterocycles. The Kier molecular flexibility index (Phi) is 3.23. The van der Waals surface area contributed by atoms with Gasteiger partial charge in [-0.3, -0.25) is 0 Å². The molecule has 0 aromatic carbocycles. The summed E-state index contributed by atoms with van der Waals surface area (Å²) >= 11 is 0. The van der Waals surface area contributed by atoms with Crippen LogP contribution in [0.25, 0.3) is 11.2 Å². The second kappa shape index (κ2) is 5.28. The molecule has 0 bridgehead atoms. The van der Waals surface area contributed by atoms with E-state index in [9.17, 15) is 10.1 Å². The number of ether oxygens (including phenoxy) is 2. The van der Waals surface area contributed by atoms with Crippen LogP contribution in [0.3, 0.4) is 0 Å². The molecule has 4 atom stereocenters. The number of aromatic nitrogens is 4. The fraction of sp³-hybridized carbons (Fsp3) is 0.583. The topological polar surface area (TPSA) is 126 Å². The second-order valence-electron chi connectivity index (χ2n) is 5.33. The molecule has 2 aliphatic heterocycles. The van der Waals surface area contributed by atoms with Gasteiger partial charge in [0.25, 0.3) is 5.09 Å². The first-order valence-corrected chi connectivity index (χ1v) is 7.08.